The summed E-state index contributed by atoms with van der Waals surface area (Å²) in [4.78, 5) is 23.8. The molecule has 0 aliphatic rings. The van der Waals surface area contributed by atoms with Gasteiger partial charge in [0.05, 0.1) is 5.92 Å². The number of ether oxygens (including phenoxy) is 2. The van der Waals surface area contributed by atoms with Crippen molar-refractivity contribution in [3.8, 4) is 34.5 Å². The first kappa shape index (κ1) is 19.9. The Bertz CT molecular complexity index is 790. The van der Waals surface area contributed by atoms with Crippen LogP contribution < -0.4 is 9.47 Å². The first-order valence-corrected chi connectivity index (χ1v) is 8.21. The molecule has 0 amide bonds. The molecule has 1 atom stereocenters. The maximum Gasteiger partial charge on any atom is 0.314 e. The molecule has 0 saturated carbocycles. The van der Waals surface area contributed by atoms with Crippen LogP contribution >= 0.6 is 0 Å². The smallest absolute Gasteiger partial charge is 0.314 e. The number of carbonyl (C=O) groups excluding carboxylic acids is 2. The van der Waals surface area contributed by atoms with Crippen molar-refractivity contribution >= 4 is 11.9 Å². The van der Waals surface area contributed by atoms with Gasteiger partial charge >= 0.3 is 11.9 Å². The standard InChI is InChI=1S/C19H20O8/c1-11(19(25)27-17-9-14(22)6-15(23)10-17)3-2-4-18(24)26-16-7-12(20)5-13(21)8-16/h5-11,20-23H,2-4H2,1H3. The number of hydrogen-bond donors (Lipinski definition) is 4. The zero-order chi connectivity index (χ0) is 20.0. The molecule has 2 aromatic carbocycles. The molecule has 0 aliphatic carbocycles. The van der Waals surface area contributed by atoms with Crippen LogP contribution in [-0.2, 0) is 9.59 Å². The Hall–Kier alpha value is -3.42. The average Bonchev–Trinajstić information content (AvgIpc) is 2.52. The molecule has 0 aromatic heterocycles. The van der Waals surface area contributed by atoms with E-state index in [0.717, 1.165) is 12.1 Å². The fourth-order valence-electron chi connectivity index (χ4n) is 2.32. The molecule has 144 valence electrons. The van der Waals surface area contributed by atoms with Crippen LogP contribution in [0.5, 0.6) is 34.5 Å². The molecule has 8 heteroatoms. The number of hydrogen-bond acceptors (Lipinski definition) is 8. The number of phenolic OH excluding ortho intramolecular Hbond substituents is 4. The van der Waals surface area contributed by atoms with E-state index < -0.39 is 17.9 Å². The van der Waals surface area contributed by atoms with Crippen molar-refractivity contribution in [3.63, 3.8) is 0 Å². The average molecular weight is 376 g/mol. The van der Waals surface area contributed by atoms with E-state index in [1.165, 1.54) is 24.3 Å². The van der Waals surface area contributed by atoms with E-state index >= 15 is 0 Å². The van der Waals surface area contributed by atoms with Crippen LogP contribution in [0.15, 0.2) is 36.4 Å². The van der Waals surface area contributed by atoms with Gasteiger partial charge in [0, 0.05) is 42.8 Å². The molecule has 0 fully saturated rings. The lowest BCUT2D eigenvalue weighted by atomic mass is 10.0. The predicted molar refractivity (Wildman–Crippen MR) is 93.8 cm³/mol. The lowest BCUT2D eigenvalue weighted by molar-refractivity contribution is -0.139. The van der Waals surface area contributed by atoms with Gasteiger partial charge in [0.15, 0.2) is 0 Å². The van der Waals surface area contributed by atoms with E-state index in [4.69, 9.17) is 9.47 Å². The highest BCUT2D eigenvalue weighted by molar-refractivity contribution is 5.75. The van der Waals surface area contributed by atoms with Gasteiger partial charge in [-0.2, -0.15) is 0 Å². The third-order valence-corrected chi connectivity index (χ3v) is 3.62. The highest BCUT2D eigenvalue weighted by Gasteiger charge is 2.17. The summed E-state index contributed by atoms with van der Waals surface area (Å²) in [5, 5.41) is 37.4. The quantitative estimate of drug-likeness (QED) is 0.428. The minimum Gasteiger partial charge on any atom is -0.508 e. The Kier molecular flexibility index (Phi) is 6.48. The fourth-order valence-corrected chi connectivity index (χ4v) is 2.32. The molecule has 2 rings (SSSR count). The SMILES string of the molecule is CC(CCCC(=O)Oc1cc(O)cc(O)c1)C(=O)Oc1cc(O)cc(O)c1. The Balaban J connectivity index is 1.78. The highest BCUT2D eigenvalue weighted by Crippen LogP contribution is 2.27. The predicted octanol–water partition coefficient (Wildman–Crippen LogP) is 2.83. The number of phenols is 4. The number of benzene rings is 2. The maximum absolute atomic E-state index is 12.0. The third-order valence-electron chi connectivity index (χ3n) is 3.62. The second kappa shape index (κ2) is 8.79. The first-order chi connectivity index (χ1) is 12.7. The van der Waals surface area contributed by atoms with Crippen LogP contribution in [-0.4, -0.2) is 32.4 Å². The summed E-state index contributed by atoms with van der Waals surface area (Å²) in [7, 11) is 0. The van der Waals surface area contributed by atoms with Gasteiger partial charge in [-0.1, -0.05) is 6.92 Å². The zero-order valence-corrected chi connectivity index (χ0v) is 14.6. The van der Waals surface area contributed by atoms with Crippen molar-refractivity contribution in [1.29, 1.82) is 0 Å². The van der Waals surface area contributed by atoms with E-state index in [-0.39, 0.29) is 40.9 Å². The summed E-state index contributed by atoms with van der Waals surface area (Å²) >= 11 is 0. The molecule has 8 nitrogen and oxygen atoms in total. The van der Waals surface area contributed by atoms with Gasteiger partial charge in [0.2, 0.25) is 0 Å². The van der Waals surface area contributed by atoms with E-state index in [2.05, 4.69) is 0 Å². The van der Waals surface area contributed by atoms with Gasteiger partial charge in [-0.15, -0.1) is 0 Å². The van der Waals surface area contributed by atoms with Crippen LogP contribution in [0.4, 0.5) is 0 Å². The molecule has 0 spiro atoms. The highest BCUT2D eigenvalue weighted by atomic mass is 16.5. The van der Waals surface area contributed by atoms with E-state index in [1.807, 2.05) is 0 Å². The molecule has 0 bridgehead atoms. The molecule has 0 heterocycles. The molecule has 0 aliphatic heterocycles. The fraction of sp³-hybridized carbons (Fsp3) is 0.263. The largest absolute Gasteiger partial charge is 0.508 e. The van der Waals surface area contributed by atoms with Crippen LogP contribution in [0, 0.1) is 5.92 Å². The Morgan fingerprint density at radius 3 is 1.74 bits per heavy atom. The molecule has 0 radical (unpaired) electrons. The Labute approximate surface area is 155 Å². The topological polar surface area (TPSA) is 134 Å². The molecule has 27 heavy (non-hydrogen) atoms. The summed E-state index contributed by atoms with van der Waals surface area (Å²) in [6.45, 7) is 1.63. The van der Waals surface area contributed by atoms with Crippen molar-refractivity contribution in [2.75, 3.05) is 0 Å². The molecule has 4 N–H and O–H groups in total. The normalized spacial score (nSPS) is 11.6. The van der Waals surface area contributed by atoms with Gasteiger partial charge in [-0.05, 0) is 12.8 Å². The Morgan fingerprint density at radius 1 is 0.815 bits per heavy atom. The van der Waals surface area contributed by atoms with Gasteiger partial charge in [0.1, 0.15) is 34.5 Å². The maximum atomic E-state index is 12.0. The molecule has 1 unspecified atom stereocenters. The second-order valence-corrected chi connectivity index (χ2v) is 6.06. The van der Waals surface area contributed by atoms with E-state index in [0.29, 0.717) is 12.8 Å². The van der Waals surface area contributed by atoms with Crippen LogP contribution in [0.25, 0.3) is 0 Å². The summed E-state index contributed by atoms with van der Waals surface area (Å²) in [5.41, 5.74) is 0. The minimum absolute atomic E-state index is 0.0208. The summed E-state index contributed by atoms with van der Waals surface area (Å²) in [5.74, 6) is -2.53. The van der Waals surface area contributed by atoms with Crippen molar-refractivity contribution in [1.82, 2.24) is 0 Å². The number of rotatable bonds is 7. The summed E-state index contributed by atoms with van der Waals surface area (Å²) in [6, 6.07) is 7.01. The minimum atomic E-state index is -0.571. The monoisotopic (exact) mass is 376 g/mol. The van der Waals surface area contributed by atoms with Crippen molar-refractivity contribution < 1.29 is 39.5 Å². The zero-order valence-electron chi connectivity index (χ0n) is 14.6. The number of carbonyl (C=O) groups is 2. The first-order valence-electron chi connectivity index (χ1n) is 8.21. The van der Waals surface area contributed by atoms with Gasteiger partial charge < -0.3 is 29.9 Å². The van der Waals surface area contributed by atoms with E-state index in [1.54, 1.807) is 6.92 Å². The van der Waals surface area contributed by atoms with Crippen LogP contribution in [0.2, 0.25) is 0 Å². The number of aromatic hydroxyl groups is 4. The molecule has 2 aromatic rings. The Morgan fingerprint density at radius 2 is 1.26 bits per heavy atom. The number of esters is 2. The summed E-state index contributed by atoms with van der Waals surface area (Å²) in [6.07, 6.45) is 0.732. The van der Waals surface area contributed by atoms with Gasteiger partial charge in [-0.3, -0.25) is 9.59 Å². The lowest BCUT2D eigenvalue weighted by Crippen LogP contribution is -2.18. The molecular weight excluding hydrogens is 356 g/mol. The van der Waals surface area contributed by atoms with Crippen LogP contribution in [0.1, 0.15) is 26.2 Å². The lowest BCUT2D eigenvalue weighted by Gasteiger charge is -2.11. The van der Waals surface area contributed by atoms with Gasteiger partial charge in [0.25, 0.3) is 0 Å². The van der Waals surface area contributed by atoms with Crippen molar-refractivity contribution in [3.05, 3.63) is 36.4 Å². The van der Waals surface area contributed by atoms with E-state index in [9.17, 15) is 30.0 Å². The van der Waals surface area contributed by atoms with Crippen LogP contribution in [0.3, 0.4) is 0 Å². The second-order valence-electron chi connectivity index (χ2n) is 6.06. The third kappa shape index (κ3) is 6.43. The molecule has 0 saturated heterocycles. The summed E-state index contributed by atoms with van der Waals surface area (Å²) < 4.78 is 10.1. The molecular formula is C19H20O8. The van der Waals surface area contributed by atoms with Crippen molar-refractivity contribution in [2.45, 2.75) is 26.2 Å². The van der Waals surface area contributed by atoms with Gasteiger partial charge in [-0.25, -0.2) is 0 Å². The van der Waals surface area contributed by atoms with Crippen molar-refractivity contribution in [2.24, 2.45) is 5.92 Å².